The summed E-state index contributed by atoms with van der Waals surface area (Å²) in [6.07, 6.45) is 1.66. The first-order chi connectivity index (χ1) is 5.33. The Morgan fingerprint density at radius 3 is 2.00 bits per heavy atom. The van der Waals surface area contributed by atoms with Gasteiger partial charge in [-0.1, -0.05) is 13.8 Å². The first kappa shape index (κ1) is 12.6. The van der Waals surface area contributed by atoms with Gasteiger partial charge in [0.1, 0.15) is 9.87 Å². The van der Waals surface area contributed by atoms with E-state index in [9.17, 15) is 5.11 Å². The highest BCUT2D eigenvalue weighted by Gasteiger charge is 2.26. The zero-order valence-corrected chi connectivity index (χ0v) is 9.84. The van der Waals surface area contributed by atoms with Crippen LogP contribution >= 0.6 is 24.7 Å². The second-order valence-electron chi connectivity index (χ2n) is 3.27. The molecule has 0 fully saturated rings. The fraction of sp³-hybridized carbons (Fsp3) is 1.00. The van der Waals surface area contributed by atoms with E-state index in [0.29, 0.717) is 0 Å². The molecule has 4 heteroatoms. The largest absolute Gasteiger partial charge is 0.378 e. The van der Waals surface area contributed by atoms with Crippen molar-refractivity contribution in [3.8, 4) is 0 Å². The summed E-state index contributed by atoms with van der Waals surface area (Å²) in [6.45, 7) is 7.41. The van der Waals surface area contributed by atoms with E-state index >= 15 is 0 Å². The molecule has 1 N–H and O–H groups in total. The summed E-state index contributed by atoms with van der Waals surface area (Å²) in [6, 6.07) is 0. The molecular formula is C8H18O2S2. The molecule has 0 rings (SSSR count). The van der Waals surface area contributed by atoms with Crippen LogP contribution < -0.4 is 0 Å². The monoisotopic (exact) mass is 210 g/mol. The van der Waals surface area contributed by atoms with Crippen molar-refractivity contribution in [1.82, 2.24) is 0 Å². The molecule has 0 saturated carbocycles. The third kappa shape index (κ3) is 5.30. The summed E-state index contributed by atoms with van der Waals surface area (Å²) in [7, 11) is 0. The molecule has 0 aromatic rings. The minimum Gasteiger partial charge on any atom is -0.378 e. The highest BCUT2D eigenvalue weighted by molar-refractivity contribution is 7.96. The first-order valence-electron chi connectivity index (χ1n) is 4.14. The van der Waals surface area contributed by atoms with Gasteiger partial charge in [0, 0.05) is 12.0 Å². The number of hydrogen-bond acceptors (Lipinski definition) is 4. The quantitative estimate of drug-likeness (QED) is 0.415. The molecule has 0 aromatic carbocycles. The van der Waals surface area contributed by atoms with Crippen LogP contribution in [0.25, 0.3) is 0 Å². The Balaban J connectivity index is 3.89. The highest BCUT2D eigenvalue weighted by Crippen LogP contribution is 2.34. The van der Waals surface area contributed by atoms with Gasteiger partial charge in [0.15, 0.2) is 0 Å². The highest BCUT2D eigenvalue weighted by atomic mass is 32.2. The van der Waals surface area contributed by atoms with Crippen LogP contribution in [0.2, 0.25) is 0 Å². The van der Waals surface area contributed by atoms with Crippen LogP contribution in [0.4, 0.5) is 0 Å². The van der Waals surface area contributed by atoms with Gasteiger partial charge in [0.2, 0.25) is 0 Å². The van der Waals surface area contributed by atoms with E-state index in [4.69, 9.17) is 4.18 Å². The fourth-order valence-corrected chi connectivity index (χ4v) is 1.25. The molecule has 0 bridgehead atoms. The summed E-state index contributed by atoms with van der Waals surface area (Å²) in [5, 5.41) is 9.38. The maximum absolute atomic E-state index is 9.38. The van der Waals surface area contributed by atoms with E-state index in [1.54, 1.807) is 13.8 Å². The smallest absolute Gasteiger partial charge is 0.130 e. The molecule has 0 heterocycles. The molecule has 0 spiro atoms. The van der Waals surface area contributed by atoms with Crippen LogP contribution in [-0.4, -0.2) is 15.0 Å². The van der Waals surface area contributed by atoms with Crippen molar-refractivity contribution < 1.29 is 9.29 Å². The Kier molecular flexibility index (Phi) is 4.99. The predicted octanol–water partition coefficient (Wildman–Crippen LogP) is 2.83. The summed E-state index contributed by atoms with van der Waals surface area (Å²) in [4.78, 5) is -1.26. The van der Waals surface area contributed by atoms with Crippen LogP contribution in [0.5, 0.6) is 0 Å². The second kappa shape index (κ2) is 4.74. The normalized spacial score (nSPS) is 13.5. The summed E-state index contributed by atoms with van der Waals surface area (Å²) in [5.74, 6) is 0. The maximum atomic E-state index is 9.38. The molecule has 0 aliphatic heterocycles. The van der Waals surface area contributed by atoms with Crippen LogP contribution in [0.3, 0.4) is 0 Å². The van der Waals surface area contributed by atoms with Crippen molar-refractivity contribution in [3.63, 3.8) is 0 Å². The zero-order chi connectivity index (χ0) is 9.83. The Bertz CT molecular complexity index is 128. The molecule has 0 amide bonds. The first-order valence-corrected chi connectivity index (χ1v) is 5.33. The fourth-order valence-electron chi connectivity index (χ4n) is 0.547. The van der Waals surface area contributed by atoms with Gasteiger partial charge in [0.05, 0.1) is 0 Å². The molecule has 2 nitrogen and oxygen atoms in total. The molecule has 0 aromatic heterocycles. The lowest BCUT2D eigenvalue weighted by atomic mass is 10.2. The SMILES string of the molecule is CCC(S)(CC)OSC(C)(C)O. The lowest BCUT2D eigenvalue weighted by Crippen LogP contribution is -2.24. The average Bonchev–Trinajstić information content (AvgIpc) is 1.99. The van der Waals surface area contributed by atoms with Crippen LogP contribution in [0.1, 0.15) is 40.5 Å². The van der Waals surface area contributed by atoms with Gasteiger partial charge in [0.25, 0.3) is 0 Å². The van der Waals surface area contributed by atoms with Gasteiger partial charge >= 0.3 is 0 Å². The number of thiol groups is 1. The molecule has 0 saturated heterocycles. The van der Waals surface area contributed by atoms with Gasteiger partial charge in [-0.2, -0.15) is 0 Å². The van der Waals surface area contributed by atoms with Crippen LogP contribution in [0.15, 0.2) is 0 Å². The molecule has 0 atom stereocenters. The van der Waals surface area contributed by atoms with Crippen LogP contribution in [-0.2, 0) is 4.18 Å². The molecule has 0 radical (unpaired) electrons. The third-order valence-electron chi connectivity index (χ3n) is 1.51. The maximum Gasteiger partial charge on any atom is 0.130 e. The van der Waals surface area contributed by atoms with Gasteiger partial charge in [-0.25, -0.2) is 0 Å². The second-order valence-corrected chi connectivity index (χ2v) is 5.41. The summed E-state index contributed by atoms with van der Waals surface area (Å²) in [5.41, 5.74) is 0. The van der Waals surface area contributed by atoms with E-state index < -0.39 is 9.87 Å². The Hall–Kier alpha value is 0.620. The van der Waals surface area contributed by atoms with Crippen molar-refractivity contribution in [3.05, 3.63) is 0 Å². The minimum atomic E-state index is -0.849. The van der Waals surface area contributed by atoms with Crippen molar-refractivity contribution in [1.29, 1.82) is 0 Å². The van der Waals surface area contributed by atoms with Gasteiger partial charge in [-0.15, -0.1) is 12.6 Å². The summed E-state index contributed by atoms with van der Waals surface area (Å²) < 4.78 is 5.42. The number of rotatable bonds is 5. The van der Waals surface area contributed by atoms with Gasteiger partial charge in [-0.05, 0) is 26.7 Å². The van der Waals surface area contributed by atoms with E-state index in [0.717, 1.165) is 24.9 Å². The topological polar surface area (TPSA) is 29.5 Å². The van der Waals surface area contributed by atoms with Crippen LogP contribution in [0, 0.1) is 0 Å². The van der Waals surface area contributed by atoms with E-state index in [1.165, 1.54) is 0 Å². The third-order valence-corrected chi connectivity index (χ3v) is 3.16. The minimum absolute atomic E-state index is 0.412. The molecule has 0 aliphatic rings. The van der Waals surface area contributed by atoms with Crippen molar-refractivity contribution in [2.75, 3.05) is 0 Å². The Morgan fingerprint density at radius 1 is 1.33 bits per heavy atom. The molecule has 0 aliphatic carbocycles. The average molecular weight is 210 g/mol. The van der Waals surface area contributed by atoms with E-state index in [-0.39, 0.29) is 0 Å². The van der Waals surface area contributed by atoms with Crippen molar-refractivity contribution in [2.45, 2.75) is 50.4 Å². The Labute approximate surface area is 84.7 Å². The van der Waals surface area contributed by atoms with Gasteiger partial charge < -0.3 is 5.11 Å². The zero-order valence-electron chi connectivity index (χ0n) is 8.13. The van der Waals surface area contributed by atoms with Crippen molar-refractivity contribution >= 4 is 24.7 Å². The number of aliphatic hydroxyl groups is 1. The lowest BCUT2D eigenvalue weighted by molar-refractivity contribution is 0.138. The van der Waals surface area contributed by atoms with E-state index in [1.807, 2.05) is 13.8 Å². The Morgan fingerprint density at radius 2 is 1.75 bits per heavy atom. The molecule has 74 valence electrons. The number of hydrogen-bond donors (Lipinski definition) is 2. The molecular weight excluding hydrogens is 192 g/mol. The summed E-state index contributed by atoms with van der Waals surface area (Å²) >= 11 is 5.45. The van der Waals surface area contributed by atoms with Gasteiger partial charge in [-0.3, -0.25) is 4.18 Å². The molecule has 12 heavy (non-hydrogen) atoms. The molecule has 0 unspecified atom stereocenters. The lowest BCUT2D eigenvalue weighted by Gasteiger charge is -2.28. The predicted molar refractivity (Wildman–Crippen MR) is 57.3 cm³/mol. The van der Waals surface area contributed by atoms with Crippen molar-refractivity contribution in [2.24, 2.45) is 0 Å². The standard InChI is InChI=1S/C8H18O2S2/c1-5-8(11,6-2)10-12-7(3,4)9/h9,11H,5-6H2,1-4H3. The van der Waals surface area contributed by atoms with E-state index in [2.05, 4.69) is 12.6 Å².